The van der Waals surface area contributed by atoms with Crippen molar-refractivity contribution >= 4 is 63.9 Å². The summed E-state index contributed by atoms with van der Waals surface area (Å²) in [6.07, 6.45) is 1.54. The Bertz CT molecular complexity index is 1060. The molecular formula is C23H24Cl4N4O3. The van der Waals surface area contributed by atoms with Gasteiger partial charge in [-0.25, -0.2) is 0 Å². The SMILES string of the molecule is CNCC(=O)NCCN(C(=O)C(Cl)Cl)c1cccc(-c2ccno2)c1.Cc1c(Cl)cccc1Cl. The van der Waals surface area contributed by atoms with Gasteiger partial charge in [0.1, 0.15) is 0 Å². The van der Waals surface area contributed by atoms with E-state index in [-0.39, 0.29) is 25.5 Å². The van der Waals surface area contributed by atoms with Crippen LogP contribution in [-0.4, -0.2) is 48.5 Å². The van der Waals surface area contributed by atoms with Crippen LogP contribution in [0.15, 0.2) is 59.3 Å². The molecule has 0 saturated carbocycles. The Morgan fingerprint density at radius 2 is 1.76 bits per heavy atom. The lowest BCUT2D eigenvalue weighted by atomic mass is 10.1. The summed E-state index contributed by atoms with van der Waals surface area (Å²) in [6.45, 7) is 2.58. The topological polar surface area (TPSA) is 87.5 Å². The van der Waals surface area contributed by atoms with Crippen molar-refractivity contribution in [3.8, 4) is 11.3 Å². The van der Waals surface area contributed by atoms with Crippen LogP contribution in [0.1, 0.15) is 5.56 Å². The fourth-order valence-electron chi connectivity index (χ4n) is 2.79. The number of amides is 2. The highest BCUT2D eigenvalue weighted by Crippen LogP contribution is 2.26. The number of carbonyl (C=O) groups excluding carboxylic acids is 2. The number of rotatable bonds is 8. The van der Waals surface area contributed by atoms with Gasteiger partial charge in [-0.2, -0.15) is 0 Å². The zero-order chi connectivity index (χ0) is 25.1. The van der Waals surface area contributed by atoms with Crippen molar-refractivity contribution in [1.29, 1.82) is 0 Å². The third-order valence-electron chi connectivity index (χ3n) is 4.53. The first-order chi connectivity index (χ1) is 16.2. The predicted octanol–water partition coefficient (Wildman–Crippen LogP) is 5.12. The van der Waals surface area contributed by atoms with Crippen molar-refractivity contribution < 1.29 is 14.1 Å². The molecular weight excluding hydrogens is 522 g/mol. The molecule has 1 heterocycles. The minimum Gasteiger partial charge on any atom is -0.356 e. The van der Waals surface area contributed by atoms with Gasteiger partial charge in [0.05, 0.1) is 12.7 Å². The van der Waals surface area contributed by atoms with E-state index in [1.165, 1.54) is 11.1 Å². The highest BCUT2D eigenvalue weighted by Gasteiger charge is 2.22. The summed E-state index contributed by atoms with van der Waals surface area (Å²) in [5.74, 6) is -0.0654. The van der Waals surface area contributed by atoms with Crippen LogP contribution < -0.4 is 15.5 Å². The van der Waals surface area contributed by atoms with E-state index >= 15 is 0 Å². The van der Waals surface area contributed by atoms with Gasteiger partial charge in [0.25, 0.3) is 5.91 Å². The van der Waals surface area contributed by atoms with Gasteiger partial charge in [-0.15, -0.1) is 0 Å². The van der Waals surface area contributed by atoms with Crippen LogP contribution in [0.5, 0.6) is 0 Å². The summed E-state index contributed by atoms with van der Waals surface area (Å²) in [4.78, 5) is 24.1. The number of anilines is 1. The zero-order valence-corrected chi connectivity index (χ0v) is 21.5. The third kappa shape index (κ3) is 8.49. The molecule has 3 rings (SSSR count). The molecule has 3 aromatic rings. The number of nitrogens with zero attached hydrogens (tertiary/aromatic N) is 2. The molecule has 0 bridgehead atoms. The molecule has 0 aliphatic carbocycles. The van der Waals surface area contributed by atoms with E-state index in [1.54, 1.807) is 31.3 Å². The number of halogens is 4. The third-order valence-corrected chi connectivity index (χ3v) is 5.72. The normalized spacial score (nSPS) is 10.4. The summed E-state index contributed by atoms with van der Waals surface area (Å²) in [7, 11) is 1.68. The van der Waals surface area contributed by atoms with Crippen molar-refractivity contribution in [2.75, 3.05) is 31.6 Å². The molecule has 0 spiro atoms. The van der Waals surface area contributed by atoms with Crippen LogP contribution >= 0.6 is 46.4 Å². The number of likely N-dealkylation sites (N-methyl/N-ethyl adjacent to an activating group) is 1. The minimum atomic E-state index is -1.21. The number of hydrogen-bond donors (Lipinski definition) is 2. The molecule has 1 aromatic heterocycles. The Morgan fingerprint density at radius 3 is 2.32 bits per heavy atom. The fourth-order valence-corrected chi connectivity index (χ4v) is 3.42. The van der Waals surface area contributed by atoms with Crippen LogP contribution in [0, 0.1) is 6.92 Å². The van der Waals surface area contributed by atoms with Crippen molar-refractivity contribution in [2.45, 2.75) is 11.8 Å². The molecule has 0 unspecified atom stereocenters. The van der Waals surface area contributed by atoms with E-state index in [0.29, 0.717) is 11.4 Å². The van der Waals surface area contributed by atoms with E-state index in [0.717, 1.165) is 21.2 Å². The van der Waals surface area contributed by atoms with E-state index in [2.05, 4.69) is 15.8 Å². The van der Waals surface area contributed by atoms with Crippen LogP contribution in [0.4, 0.5) is 5.69 Å². The van der Waals surface area contributed by atoms with Gasteiger partial charge < -0.3 is 20.1 Å². The second kappa shape index (κ2) is 14.2. The average Bonchev–Trinajstić information content (AvgIpc) is 3.36. The van der Waals surface area contributed by atoms with Gasteiger partial charge in [0.15, 0.2) is 10.6 Å². The van der Waals surface area contributed by atoms with Crippen LogP contribution in [-0.2, 0) is 9.59 Å². The van der Waals surface area contributed by atoms with Gasteiger partial charge in [0.2, 0.25) is 5.91 Å². The first kappa shape index (κ1) is 28.0. The van der Waals surface area contributed by atoms with Gasteiger partial charge in [-0.3, -0.25) is 9.59 Å². The standard InChI is InChI=1S/C16H18Cl2N4O3.C7H6Cl2/c1-19-10-14(23)20-7-8-22(16(24)15(17)18)12-4-2-3-11(9-12)13-5-6-21-25-13;1-5-6(8)3-2-4-7(5)9/h2-6,9,15,19H,7-8,10H2,1H3,(H,20,23);2-4H,1H3. The summed E-state index contributed by atoms with van der Waals surface area (Å²) >= 11 is 23.0. The number of aromatic nitrogens is 1. The maximum atomic E-state index is 12.3. The maximum Gasteiger partial charge on any atom is 0.260 e. The maximum absolute atomic E-state index is 12.3. The molecule has 0 aliphatic rings. The Morgan fingerprint density at radius 1 is 1.09 bits per heavy atom. The molecule has 0 fully saturated rings. The lowest BCUT2D eigenvalue weighted by Gasteiger charge is -2.24. The quantitative estimate of drug-likeness (QED) is 0.384. The first-order valence-electron chi connectivity index (χ1n) is 10.2. The van der Waals surface area contributed by atoms with E-state index < -0.39 is 10.7 Å². The summed E-state index contributed by atoms with van der Waals surface area (Å²) in [5, 5.41) is 10.6. The fraction of sp³-hybridized carbons (Fsp3) is 0.261. The van der Waals surface area contributed by atoms with Crippen LogP contribution in [0.25, 0.3) is 11.3 Å². The molecule has 0 saturated heterocycles. The van der Waals surface area contributed by atoms with E-state index in [9.17, 15) is 9.59 Å². The Labute approximate surface area is 218 Å². The second-order valence-electron chi connectivity index (χ2n) is 6.94. The molecule has 182 valence electrons. The highest BCUT2D eigenvalue weighted by molar-refractivity contribution is 6.54. The van der Waals surface area contributed by atoms with Crippen molar-refractivity contribution in [3.63, 3.8) is 0 Å². The molecule has 2 amide bonds. The van der Waals surface area contributed by atoms with Gasteiger partial charge in [-0.05, 0) is 43.8 Å². The molecule has 34 heavy (non-hydrogen) atoms. The van der Waals surface area contributed by atoms with Crippen molar-refractivity contribution in [1.82, 2.24) is 15.8 Å². The van der Waals surface area contributed by atoms with E-state index in [1.807, 2.05) is 31.2 Å². The van der Waals surface area contributed by atoms with E-state index in [4.69, 9.17) is 50.9 Å². The highest BCUT2D eigenvalue weighted by atomic mass is 35.5. The van der Waals surface area contributed by atoms with Gasteiger partial charge in [-0.1, -0.05) is 69.8 Å². The van der Waals surface area contributed by atoms with Gasteiger partial charge >= 0.3 is 0 Å². The lowest BCUT2D eigenvalue weighted by molar-refractivity contribution is -0.120. The van der Waals surface area contributed by atoms with Gasteiger partial charge in [0, 0.05) is 40.5 Å². The number of hydrogen-bond acceptors (Lipinski definition) is 5. The number of alkyl halides is 2. The van der Waals surface area contributed by atoms with Crippen LogP contribution in [0.2, 0.25) is 10.0 Å². The Hall–Kier alpha value is -2.29. The minimum absolute atomic E-state index is 0.168. The average molecular weight is 546 g/mol. The monoisotopic (exact) mass is 544 g/mol. The summed E-state index contributed by atoms with van der Waals surface area (Å²) in [6, 6.07) is 14.3. The van der Waals surface area contributed by atoms with Crippen LogP contribution in [0.3, 0.4) is 0 Å². The molecule has 11 heteroatoms. The molecule has 2 aromatic carbocycles. The Kier molecular flexibility index (Phi) is 11.7. The largest absolute Gasteiger partial charge is 0.356 e. The lowest BCUT2D eigenvalue weighted by Crippen LogP contribution is -2.42. The zero-order valence-electron chi connectivity index (χ0n) is 18.5. The molecule has 0 aliphatic heterocycles. The molecule has 7 nitrogen and oxygen atoms in total. The van der Waals surface area contributed by atoms with Crippen molar-refractivity contribution in [2.24, 2.45) is 0 Å². The summed E-state index contributed by atoms with van der Waals surface area (Å²) in [5.41, 5.74) is 2.29. The number of nitrogens with one attached hydrogen (secondary N) is 2. The first-order valence-corrected chi connectivity index (χ1v) is 11.8. The number of carbonyl (C=O) groups is 2. The molecule has 0 atom stereocenters. The molecule has 0 radical (unpaired) electrons. The van der Waals surface area contributed by atoms with Crippen molar-refractivity contribution in [3.05, 3.63) is 70.3 Å². The number of benzene rings is 2. The Balaban J connectivity index is 0.000000379. The smallest absolute Gasteiger partial charge is 0.260 e. The molecule has 2 N–H and O–H groups in total. The second-order valence-corrected chi connectivity index (χ2v) is 8.86. The predicted molar refractivity (Wildman–Crippen MR) is 138 cm³/mol. The summed E-state index contributed by atoms with van der Waals surface area (Å²) < 4.78 is 5.13.